The number of hydrogen-bond acceptors (Lipinski definition) is 4. The lowest BCUT2D eigenvalue weighted by Gasteiger charge is -2.09. The van der Waals surface area contributed by atoms with Crippen LogP contribution in [0, 0.1) is 0 Å². The minimum atomic E-state index is -4.35. The number of ether oxygens (including phenoxy) is 2. The number of benzene rings is 1. The molecule has 2 heterocycles. The fourth-order valence-electron chi connectivity index (χ4n) is 1.81. The molecule has 100 valence electrons. The topological polar surface area (TPSA) is 49.2 Å². The number of hydrogen-bond donors (Lipinski definition) is 0. The van der Waals surface area contributed by atoms with Gasteiger partial charge in [0.05, 0.1) is 0 Å². The van der Waals surface area contributed by atoms with Crippen molar-refractivity contribution in [3.05, 3.63) is 24.5 Å². The van der Waals surface area contributed by atoms with Gasteiger partial charge in [-0.3, -0.25) is 0 Å². The van der Waals surface area contributed by atoms with Crippen molar-refractivity contribution in [2.75, 3.05) is 6.79 Å². The first-order valence-electron chi connectivity index (χ1n) is 5.37. The van der Waals surface area contributed by atoms with Crippen molar-refractivity contribution in [3.8, 4) is 22.9 Å². The Morgan fingerprint density at radius 2 is 2.00 bits per heavy atom. The van der Waals surface area contributed by atoms with Gasteiger partial charge in [-0.15, -0.1) is 0 Å². The molecule has 2 aromatic rings. The molecule has 1 aromatic carbocycles. The van der Waals surface area contributed by atoms with Gasteiger partial charge in [0.15, 0.2) is 17.3 Å². The van der Waals surface area contributed by atoms with Crippen molar-refractivity contribution in [1.82, 2.24) is 14.8 Å². The van der Waals surface area contributed by atoms with E-state index >= 15 is 0 Å². The molecule has 1 aliphatic heterocycles. The fraction of sp³-hybridized carbons (Fsp3) is 0.273. The van der Waals surface area contributed by atoms with Crippen molar-refractivity contribution in [3.63, 3.8) is 0 Å². The van der Waals surface area contributed by atoms with Crippen LogP contribution >= 0.6 is 0 Å². The van der Waals surface area contributed by atoms with E-state index in [9.17, 15) is 13.2 Å². The number of alkyl halides is 3. The lowest BCUT2D eigenvalue weighted by atomic mass is 10.2. The van der Waals surface area contributed by atoms with Crippen LogP contribution in [0.3, 0.4) is 0 Å². The first kappa shape index (κ1) is 11.8. The Labute approximate surface area is 105 Å². The minimum Gasteiger partial charge on any atom is -0.454 e. The molecule has 1 aliphatic rings. The van der Waals surface area contributed by atoms with Gasteiger partial charge >= 0.3 is 6.18 Å². The molecule has 5 nitrogen and oxygen atoms in total. The molecule has 0 bridgehead atoms. The molecule has 0 aliphatic carbocycles. The highest BCUT2D eigenvalue weighted by molar-refractivity contribution is 5.61. The van der Waals surface area contributed by atoms with Crippen LogP contribution in [0.2, 0.25) is 0 Å². The number of rotatable bonds is 2. The molecular weight excluding hydrogens is 263 g/mol. The fourth-order valence-corrected chi connectivity index (χ4v) is 1.81. The summed E-state index contributed by atoms with van der Waals surface area (Å²) < 4.78 is 48.3. The molecule has 0 saturated carbocycles. The zero-order valence-corrected chi connectivity index (χ0v) is 9.52. The molecule has 0 amide bonds. The summed E-state index contributed by atoms with van der Waals surface area (Å²) in [4.78, 5) is 3.85. The molecule has 0 N–H and O–H groups in total. The van der Waals surface area contributed by atoms with Gasteiger partial charge in [0.2, 0.25) is 6.79 Å². The van der Waals surface area contributed by atoms with Crippen LogP contribution in [0.25, 0.3) is 11.4 Å². The minimum absolute atomic E-state index is 0.105. The Kier molecular flexibility index (Phi) is 2.58. The summed E-state index contributed by atoms with van der Waals surface area (Å²) in [6.07, 6.45) is -3.26. The average molecular weight is 271 g/mol. The second kappa shape index (κ2) is 4.15. The van der Waals surface area contributed by atoms with Crippen LogP contribution in [0.1, 0.15) is 0 Å². The Morgan fingerprint density at radius 1 is 1.21 bits per heavy atom. The second-order valence-corrected chi connectivity index (χ2v) is 3.92. The van der Waals surface area contributed by atoms with Crippen LogP contribution in [0.5, 0.6) is 11.5 Å². The Bertz CT molecular complexity index is 609. The molecule has 0 spiro atoms. The quantitative estimate of drug-likeness (QED) is 0.840. The zero-order chi connectivity index (χ0) is 13.5. The molecular formula is C11H8F3N3O2. The maximum absolute atomic E-state index is 12.4. The van der Waals surface area contributed by atoms with E-state index in [0.717, 1.165) is 11.0 Å². The number of fused-ring (bicyclic) bond motifs is 1. The number of halogens is 3. The summed E-state index contributed by atoms with van der Waals surface area (Å²) in [5.41, 5.74) is 0.492. The Hall–Kier alpha value is -2.25. The van der Waals surface area contributed by atoms with Crippen molar-refractivity contribution < 1.29 is 22.6 Å². The van der Waals surface area contributed by atoms with Gasteiger partial charge in [-0.05, 0) is 18.2 Å². The van der Waals surface area contributed by atoms with Crippen LogP contribution < -0.4 is 9.47 Å². The van der Waals surface area contributed by atoms with E-state index in [0.29, 0.717) is 17.1 Å². The molecule has 1 aromatic heterocycles. The summed E-state index contributed by atoms with van der Waals surface area (Å²) in [6.45, 7) is -1.08. The molecule has 0 atom stereocenters. The molecule has 19 heavy (non-hydrogen) atoms. The van der Waals surface area contributed by atoms with Crippen LogP contribution in [0.15, 0.2) is 24.5 Å². The summed E-state index contributed by atoms with van der Waals surface area (Å²) >= 11 is 0. The third-order valence-corrected chi connectivity index (χ3v) is 2.58. The number of aromatic nitrogens is 3. The van der Waals surface area contributed by atoms with Crippen LogP contribution in [-0.4, -0.2) is 27.7 Å². The first-order chi connectivity index (χ1) is 9.03. The van der Waals surface area contributed by atoms with Gasteiger partial charge in [0.1, 0.15) is 12.9 Å². The van der Waals surface area contributed by atoms with E-state index in [4.69, 9.17) is 9.47 Å². The highest BCUT2D eigenvalue weighted by Gasteiger charge is 2.30. The lowest BCUT2D eigenvalue weighted by Crippen LogP contribution is -2.19. The maximum atomic E-state index is 12.4. The van der Waals surface area contributed by atoms with Gasteiger partial charge < -0.3 is 9.47 Å². The monoisotopic (exact) mass is 271 g/mol. The third-order valence-electron chi connectivity index (χ3n) is 2.58. The van der Waals surface area contributed by atoms with Gasteiger partial charge in [-0.25, -0.2) is 9.67 Å². The largest absolute Gasteiger partial charge is 0.454 e. The Morgan fingerprint density at radius 3 is 2.79 bits per heavy atom. The van der Waals surface area contributed by atoms with Crippen LogP contribution in [-0.2, 0) is 6.54 Å². The predicted octanol–water partition coefficient (Wildman–Crippen LogP) is 2.24. The molecule has 0 fully saturated rings. The first-order valence-corrected chi connectivity index (χ1v) is 5.37. The summed E-state index contributed by atoms with van der Waals surface area (Å²) in [6, 6.07) is 4.83. The van der Waals surface area contributed by atoms with Gasteiger partial charge in [0, 0.05) is 5.56 Å². The highest BCUT2D eigenvalue weighted by atomic mass is 19.4. The smallest absolute Gasteiger partial charge is 0.408 e. The van der Waals surface area contributed by atoms with E-state index in [-0.39, 0.29) is 12.6 Å². The van der Waals surface area contributed by atoms with Gasteiger partial charge in [-0.1, -0.05) is 0 Å². The lowest BCUT2D eigenvalue weighted by molar-refractivity contribution is -0.142. The second-order valence-electron chi connectivity index (χ2n) is 3.92. The maximum Gasteiger partial charge on any atom is 0.408 e. The predicted molar refractivity (Wildman–Crippen MR) is 57.6 cm³/mol. The van der Waals surface area contributed by atoms with Crippen LogP contribution in [0.4, 0.5) is 13.2 Å². The SMILES string of the molecule is FC(F)(F)Cn1ncnc1-c1ccc2c(c1)OCO2. The summed E-state index contributed by atoms with van der Waals surface area (Å²) in [5, 5.41) is 3.58. The average Bonchev–Trinajstić information content (AvgIpc) is 2.93. The van der Waals surface area contributed by atoms with Crippen molar-refractivity contribution in [2.45, 2.75) is 12.7 Å². The van der Waals surface area contributed by atoms with Gasteiger partial charge in [-0.2, -0.15) is 18.3 Å². The van der Waals surface area contributed by atoms with Crippen molar-refractivity contribution in [2.24, 2.45) is 0 Å². The van der Waals surface area contributed by atoms with E-state index in [2.05, 4.69) is 10.1 Å². The third kappa shape index (κ3) is 2.33. The Balaban J connectivity index is 1.96. The number of nitrogens with zero attached hydrogens (tertiary/aromatic N) is 3. The molecule has 3 rings (SSSR count). The van der Waals surface area contributed by atoms with E-state index in [1.165, 1.54) is 0 Å². The molecule has 8 heteroatoms. The molecule has 0 radical (unpaired) electrons. The van der Waals surface area contributed by atoms with E-state index in [1.54, 1.807) is 18.2 Å². The standard InChI is InChI=1S/C11H8F3N3O2/c12-11(13,14)4-17-10(15-5-16-17)7-1-2-8-9(3-7)19-6-18-8/h1-3,5H,4,6H2. The van der Waals surface area contributed by atoms with Crippen molar-refractivity contribution in [1.29, 1.82) is 0 Å². The van der Waals surface area contributed by atoms with Crippen molar-refractivity contribution >= 4 is 0 Å². The van der Waals surface area contributed by atoms with E-state index < -0.39 is 12.7 Å². The molecule has 0 saturated heterocycles. The summed E-state index contributed by atoms with van der Waals surface area (Å²) in [7, 11) is 0. The molecule has 0 unspecified atom stereocenters. The highest BCUT2D eigenvalue weighted by Crippen LogP contribution is 2.35. The van der Waals surface area contributed by atoms with E-state index in [1.807, 2.05) is 0 Å². The normalized spacial score (nSPS) is 13.8. The summed E-state index contributed by atoms with van der Waals surface area (Å²) in [5.74, 6) is 1.18. The zero-order valence-electron chi connectivity index (χ0n) is 9.52. The van der Waals surface area contributed by atoms with Gasteiger partial charge in [0.25, 0.3) is 0 Å².